The molecule has 7 heteroatoms. The highest BCUT2D eigenvalue weighted by atomic mass is 16.5. The lowest BCUT2D eigenvalue weighted by Gasteiger charge is -2.36. The summed E-state index contributed by atoms with van der Waals surface area (Å²) in [6.45, 7) is 9.12. The van der Waals surface area contributed by atoms with E-state index in [1.165, 1.54) is 5.56 Å². The summed E-state index contributed by atoms with van der Waals surface area (Å²) < 4.78 is 5.82. The molecule has 2 aliphatic heterocycles. The van der Waals surface area contributed by atoms with Crippen LogP contribution in [0.1, 0.15) is 47.3 Å². The number of anilines is 1. The number of nitrogens with zero attached hydrogens (tertiary/aromatic N) is 4. The molecule has 1 fully saturated rings. The summed E-state index contributed by atoms with van der Waals surface area (Å²) in [7, 11) is 0. The maximum absolute atomic E-state index is 13.0. The normalized spacial score (nSPS) is 23.0. The zero-order valence-electron chi connectivity index (χ0n) is 15.5. The number of hydrogen-bond acceptors (Lipinski definition) is 5. The van der Waals surface area contributed by atoms with Crippen molar-refractivity contribution < 1.29 is 9.53 Å². The van der Waals surface area contributed by atoms with Crippen LogP contribution in [-0.4, -0.2) is 58.3 Å². The van der Waals surface area contributed by atoms with Crippen LogP contribution in [0.3, 0.4) is 0 Å². The molecule has 0 unspecified atom stereocenters. The van der Waals surface area contributed by atoms with E-state index in [1.54, 1.807) is 0 Å². The summed E-state index contributed by atoms with van der Waals surface area (Å²) in [5, 5.41) is 7.35. The first-order chi connectivity index (χ1) is 12.5. The Morgan fingerprint density at radius 2 is 2.04 bits per heavy atom. The molecule has 1 N–H and O–H groups in total. The van der Waals surface area contributed by atoms with Gasteiger partial charge in [0, 0.05) is 44.4 Å². The topological polar surface area (TPSA) is 74.4 Å². The number of amides is 1. The Bertz CT molecular complexity index is 810. The lowest BCUT2D eigenvalue weighted by molar-refractivity contribution is -0.00702. The van der Waals surface area contributed by atoms with E-state index in [4.69, 9.17) is 4.74 Å². The van der Waals surface area contributed by atoms with Crippen LogP contribution < -0.4 is 4.90 Å². The predicted molar refractivity (Wildman–Crippen MR) is 98.3 cm³/mol. The molecule has 0 aliphatic carbocycles. The van der Waals surface area contributed by atoms with E-state index in [0.717, 1.165) is 36.5 Å². The lowest BCUT2D eigenvalue weighted by Crippen LogP contribution is -2.49. The number of hydrogen-bond donors (Lipinski definition) is 1. The molecule has 0 radical (unpaired) electrons. The number of aromatic nitrogens is 3. The van der Waals surface area contributed by atoms with Crippen LogP contribution in [0.5, 0.6) is 0 Å². The number of aromatic amines is 1. The number of piperazine rings is 1. The Morgan fingerprint density at radius 3 is 2.77 bits per heavy atom. The summed E-state index contributed by atoms with van der Waals surface area (Å²) in [6.07, 6.45) is 4.50. The third-order valence-corrected chi connectivity index (χ3v) is 5.36. The van der Waals surface area contributed by atoms with Gasteiger partial charge in [-0.05, 0) is 32.4 Å². The average molecular weight is 355 g/mol. The summed E-state index contributed by atoms with van der Waals surface area (Å²) in [5.41, 5.74) is 4.89. The van der Waals surface area contributed by atoms with E-state index in [9.17, 15) is 4.79 Å². The summed E-state index contributed by atoms with van der Waals surface area (Å²) in [4.78, 5) is 21.5. The Labute approximate surface area is 153 Å². The highest BCUT2D eigenvalue weighted by Crippen LogP contribution is 2.31. The largest absolute Gasteiger partial charge is 0.369 e. The lowest BCUT2D eigenvalue weighted by atomic mass is 9.99. The van der Waals surface area contributed by atoms with Gasteiger partial charge in [0.1, 0.15) is 0 Å². The molecule has 4 rings (SSSR count). The number of fused-ring (bicyclic) bond motifs is 1. The summed E-state index contributed by atoms with van der Waals surface area (Å²) in [5.74, 6) is 0.0198. The van der Waals surface area contributed by atoms with Crippen molar-refractivity contribution in [3.63, 3.8) is 0 Å². The third-order valence-electron chi connectivity index (χ3n) is 5.36. The standard InChI is InChI=1S/C19H25N5O2/c1-12-4-5-20-11-16(12)23-6-8-24(9-7-23)19(25)18-15-10-13(2)26-14(3)17(15)21-22-18/h4-5,11,13-14H,6-10H2,1-3H3,(H,21,22)/t13-,14+/m1/s1. The molecule has 26 heavy (non-hydrogen) atoms. The zero-order valence-corrected chi connectivity index (χ0v) is 15.5. The summed E-state index contributed by atoms with van der Waals surface area (Å²) >= 11 is 0. The van der Waals surface area contributed by atoms with Crippen LogP contribution >= 0.6 is 0 Å². The van der Waals surface area contributed by atoms with Crippen molar-refractivity contribution in [3.05, 3.63) is 41.0 Å². The zero-order chi connectivity index (χ0) is 18.3. The fourth-order valence-electron chi connectivity index (χ4n) is 3.94. The SMILES string of the molecule is Cc1ccncc1N1CCN(C(=O)c2n[nH]c3c2C[C@@H](C)O[C@H]3C)CC1. The molecule has 2 aromatic heterocycles. The average Bonchev–Trinajstić information content (AvgIpc) is 3.06. The molecule has 2 aliphatic rings. The molecule has 0 spiro atoms. The fraction of sp³-hybridized carbons (Fsp3) is 0.526. The molecule has 138 valence electrons. The summed E-state index contributed by atoms with van der Waals surface area (Å²) in [6, 6.07) is 2.02. The highest BCUT2D eigenvalue weighted by molar-refractivity contribution is 5.94. The van der Waals surface area contributed by atoms with Crippen LogP contribution in [0.2, 0.25) is 0 Å². The van der Waals surface area contributed by atoms with E-state index in [-0.39, 0.29) is 18.1 Å². The third kappa shape index (κ3) is 2.96. The minimum absolute atomic E-state index is 0.0198. The molecule has 4 heterocycles. The van der Waals surface area contributed by atoms with Crippen molar-refractivity contribution in [2.45, 2.75) is 39.4 Å². The van der Waals surface area contributed by atoms with E-state index in [2.05, 4.69) is 27.0 Å². The monoisotopic (exact) mass is 355 g/mol. The number of rotatable bonds is 2. The van der Waals surface area contributed by atoms with Crippen LogP contribution in [0.25, 0.3) is 0 Å². The Hall–Kier alpha value is -2.41. The molecule has 7 nitrogen and oxygen atoms in total. The van der Waals surface area contributed by atoms with Gasteiger partial charge in [-0.1, -0.05) is 0 Å². The molecule has 0 bridgehead atoms. The van der Waals surface area contributed by atoms with E-state index >= 15 is 0 Å². The maximum Gasteiger partial charge on any atom is 0.274 e. The van der Waals surface area contributed by atoms with Gasteiger partial charge in [0.2, 0.25) is 0 Å². The number of carbonyl (C=O) groups excluding carboxylic acids is 1. The number of nitrogens with one attached hydrogen (secondary N) is 1. The Morgan fingerprint density at radius 1 is 1.27 bits per heavy atom. The molecule has 1 saturated heterocycles. The molecular weight excluding hydrogens is 330 g/mol. The number of H-pyrrole nitrogens is 1. The van der Waals surface area contributed by atoms with Crippen LogP contribution in [-0.2, 0) is 11.2 Å². The van der Waals surface area contributed by atoms with Gasteiger partial charge in [-0.3, -0.25) is 14.9 Å². The number of carbonyl (C=O) groups is 1. The van der Waals surface area contributed by atoms with Crippen molar-refractivity contribution in [1.82, 2.24) is 20.1 Å². The van der Waals surface area contributed by atoms with E-state index in [0.29, 0.717) is 18.8 Å². The van der Waals surface area contributed by atoms with Crippen LogP contribution in [0.4, 0.5) is 5.69 Å². The molecule has 1 amide bonds. The predicted octanol–water partition coefficient (Wildman–Crippen LogP) is 2.10. The van der Waals surface area contributed by atoms with Gasteiger partial charge in [0.15, 0.2) is 5.69 Å². The molecular formula is C19H25N5O2. The Balaban J connectivity index is 1.47. The van der Waals surface area contributed by atoms with Crippen molar-refractivity contribution in [1.29, 1.82) is 0 Å². The van der Waals surface area contributed by atoms with Gasteiger partial charge < -0.3 is 14.5 Å². The van der Waals surface area contributed by atoms with Crippen molar-refractivity contribution in [2.24, 2.45) is 0 Å². The second-order valence-electron chi connectivity index (χ2n) is 7.20. The number of pyridine rings is 1. The Kier molecular flexibility index (Phi) is 4.40. The smallest absolute Gasteiger partial charge is 0.274 e. The van der Waals surface area contributed by atoms with Crippen molar-refractivity contribution in [2.75, 3.05) is 31.1 Å². The van der Waals surface area contributed by atoms with Gasteiger partial charge in [-0.15, -0.1) is 0 Å². The van der Waals surface area contributed by atoms with Gasteiger partial charge in [-0.2, -0.15) is 5.10 Å². The maximum atomic E-state index is 13.0. The molecule has 2 atom stereocenters. The van der Waals surface area contributed by atoms with Gasteiger partial charge in [0.25, 0.3) is 5.91 Å². The van der Waals surface area contributed by atoms with Crippen molar-refractivity contribution in [3.8, 4) is 0 Å². The second-order valence-corrected chi connectivity index (χ2v) is 7.20. The van der Waals surface area contributed by atoms with Crippen LogP contribution in [0, 0.1) is 6.92 Å². The minimum atomic E-state index is -0.0480. The first-order valence-corrected chi connectivity index (χ1v) is 9.22. The molecule has 2 aromatic rings. The first-order valence-electron chi connectivity index (χ1n) is 9.22. The molecule has 0 saturated carbocycles. The van der Waals surface area contributed by atoms with E-state index in [1.807, 2.05) is 37.2 Å². The van der Waals surface area contributed by atoms with Crippen LogP contribution in [0.15, 0.2) is 18.5 Å². The number of ether oxygens (including phenoxy) is 1. The fourth-order valence-corrected chi connectivity index (χ4v) is 3.94. The second kappa shape index (κ2) is 6.72. The van der Waals surface area contributed by atoms with Gasteiger partial charge >= 0.3 is 0 Å². The molecule has 0 aromatic carbocycles. The van der Waals surface area contributed by atoms with Gasteiger partial charge in [-0.25, -0.2) is 0 Å². The minimum Gasteiger partial charge on any atom is -0.369 e. The number of aryl methyl sites for hydroxylation is 1. The highest BCUT2D eigenvalue weighted by Gasteiger charge is 2.32. The quantitative estimate of drug-likeness (QED) is 0.893. The first kappa shape index (κ1) is 17.0. The van der Waals surface area contributed by atoms with Gasteiger partial charge in [0.05, 0.1) is 29.8 Å². The van der Waals surface area contributed by atoms with E-state index < -0.39 is 0 Å². The van der Waals surface area contributed by atoms with Crippen molar-refractivity contribution >= 4 is 11.6 Å².